The first-order valence-corrected chi connectivity index (χ1v) is 5.39. The van der Waals surface area contributed by atoms with Crippen LogP contribution in [-0.2, 0) is 4.79 Å². The van der Waals surface area contributed by atoms with Gasteiger partial charge in [-0.1, -0.05) is 6.92 Å². The van der Waals surface area contributed by atoms with Gasteiger partial charge >= 0.3 is 0 Å². The second kappa shape index (κ2) is 5.98. The van der Waals surface area contributed by atoms with Crippen molar-refractivity contribution in [2.75, 3.05) is 19.7 Å². The Morgan fingerprint density at radius 3 is 2.71 bits per heavy atom. The Kier molecular flexibility index (Phi) is 4.90. The van der Waals surface area contributed by atoms with Gasteiger partial charge in [0.15, 0.2) is 0 Å². The van der Waals surface area contributed by atoms with Gasteiger partial charge < -0.3 is 15.7 Å². The fraction of sp³-hybridized carbons (Fsp3) is 0.900. The Morgan fingerprint density at radius 1 is 1.57 bits per heavy atom. The predicted molar refractivity (Wildman–Crippen MR) is 54.9 cm³/mol. The van der Waals surface area contributed by atoms with Crippen LogP contribution in [0.2, 0.25) is 0 Å². The van der Waals surface area contributed by atoms with E-state index in [4.69, 9.17) is 5.11 Å². The third-order valence-corrected chi connectivity index (χ3v) is 2.77. The lowest BCUT2D eigenvalue weighted by Gasteiger charge is -2.24. The molecule has 1 amide bonds. The fourth-order valence-electron chi connectivity index (χ4n) is 1.68. The molecule has 82 valence electrons. The Hall–Kier alpha value is -0.610. The summed E-state index contributed by atoms with van der Waals surface area (Å²) in [6.07, 6.45) is 2.61. The maximum absolute atomic E-state index is 11.7. The van der Waals surface area contributed by atoms with Gasteiger partial charge in [0.1, 0.15) is 0 Å². The maximum Gasteiger partial charge on any atom is 0.223 e. The van der Waals surface area contributed by atoms with Crippen molar-refractivity contribution >= 4 is 5.91 Å². The van der Waals surface area contributed by atoms with Gasteiger partial charge in [-0.2, -0.15) is 0 Å². The second-order valence-electron chi connectivity index (χ2n) is 3.82. The highest BCUT2D eigenvalue weighted by molar-refractivity contribution is 5.79. The summed E-state index contributed by atoms with van der Waals surface area (Å²) in [5, 5.41) is 15.0. The molecule has 1 rings (SSSR count). The summed E-state index contributed by atoms with van der Waals surface area (Å²) >= 11 is 0. The lowest BCUT2D eigenvalue weighted by Crippen LogP contribution is -2.43. The molecule has 0 saturated carbocycles. The molecule has 0 radical (unpaired) electrons. The van der Waals surface area contributed by atoms with E-state index in [1.54, 1.807) is 0 Å². The van der Waals surface area contributed by atoms with Crippen molar-refractivity contribution in [1.29, 1.82) is 0 Å². The van der Waals surface area contributed by atoms with Crippen LogP contribution in [0.1, 0.15) is 26.2 Å². The maximum atomic E-state index is 11.7. The van der Waals surface area contributed by atoms with E-state index < -0.39 is 0 Å². The molecule has 1 aliphatic rings. The van der Waals surface area contributed by atoms with Crippen molar-refractivity contribution in [2.45, 2.75) is 32.2 Å². The molecule has 1 heterocycles. The highest BCUT2D eigenvalue weighted by atomic mass is 16.3. The summed E-state index contributed by atoms with van der Waals surface area (Å²) in [4.78, 5) is 11.7. The van der Waals surface area contributed by atoms with Crippen LogP contribution >= 0.6 is 0 Å². The molecule has 0 spiro atoms. The van der Waals surface area contributed by atoms with Crippen molar-refractivity contribution < 1.29 is 9.90 Å². The van der Waals surface area contributed by atoms with Gasteiger partial charge in [-0.25, -0.2) is 0 Å². The highest BCUT2D eigenvalue weighted by Gasteiger charge is 2.22. The average Bonchev–Trinajstić information content (AvgIpc) is 2.26. The first-order chi connectivity index (χ1) is 6.77. The van der Waals surface area contributed by atoms with Crippen LogP contribution in [0.25, 0.3) is 0 Å². The molecule has 1 fully saturated rings. The van der Waals surface area contributed by atoms with Crippen molar-refractivity contribution in [1.82, 2.24) is 10.6 Å². The lowest BCUT2D eigenvalue weighted by atomic mass is 9.97. The van der Waals surface area contributed by atoms with Crippen molar-refractivity contribution in [3.8, 4) is 0 Å². The van der Waals surface area contributed by atoms with Crippen LogP contribution < -0.4 is 10.6 Å². The minimum absolute atomic E-state index is 0.0349. The molecule has 0 aromatic carbocycles. The van der Waals surface area contributed by atoms with E-state index in [1.165, 1.54) is 0 Å². The van der Waals surface area contributed by atoms with Crippen LogP contribution in [-0.4, -0.2) is 36.8 Å². The van der Waals surface area contributed by atoms with Crippen molar-refractivity contribution in [3.63, 3.8) is 0 Å². The van der Waals surface area contributed by atoms with Gasteiger partial charge in [-0.05, 0) is 32.4 Å². The van der Waals surface area contributed by atoms with Gasteiger partial charge in [-0.15, -0.1) is 0 Å². The largest absolute Gasteiger partial charge is 0.394 e. The topological polar surface area (TPSA) is 61.4 Å². The van der Waals surface area contributed by atoms with Gasteiger partial charge in [0.05, 0.1) is 12.6 Å². The minimum Gasteiger partial charge on any atom is -0.394 e. The molecule has 0 aromatic rings. The molecule has 1 atom stereocenters. The Balaban J connectivity index is 2.32. The van der Waals surface area contributed by atoms with E-state index >= 15 is 0 Å². The molecule has 14 heavy (non-hydrogen) atoms. The number of carbonyl (C=O) groups is 1. The number of carbonyl (C=O) groups excluding carboxylic acids is 1. The Morgan fingerprint density at radius 2 is 2.21 bits per heavy atom. The standard InChI is InChI=1S/C10H20N2O2/c1-2-9(7-13)12-10(14)8-3-5-11-6-4-8/h8-9,11,13H,2-7H2,1H3,(H,12,14)/t9-/m0/s1. The number of nitrogens with one attached hydrogen (secondary N) is 2. The lowest BCUT2D eigenvalue weighted by molar-refractivity contribution is -0.126. The second-order valence-corrected chi connectivity index (χ2v) is 3.82. The molecule has 1 saturated heterocycles. The smallest absolute Gasteiger partial charge is 0.223 e. The predicted octanol–water partition coefficient (Wildman–Crippen LogP) is -0.127. The van der Waals surface area contributed by atoms with Crippen LogP contribution in [0, 0.1) is 5.92 Å². The average molecular weight is 200 g/mol. The molecule has 3 N–H and O–H groups in total. The van der Waals surface area contributed by atoms with E-state index in [2.05, 4.69) is 10.6 Å². The summed E-state index contributed by atoms with van der Waals surface area (Å²) in [6.45, 7) is 3.85. The van der Waals surface area contributed by atoms with E-state index in [1.807, 2.05) is 6.92 Å². The van der Waals surface area contributed by atoms with Crippen LogP contribution in [0.5, 0.6) is 0 Å². The van der Waals surface area contributed by atoms with Gasteiger partial charge in [-0.3, -0.25) is 4.79 Å². The molecule has 0 aromatic heterocycles. The van der Waals surface area contributed by atoms with Crippen LogP contribution in [0.3, 0.4) is 0 Å². The molecule has 0 unspecified atom stereocenters. The third-order valence-electron chi connectivity index (χ3n) is 2.77. The SMILES string of the molecule is CC[C@@H](CO)NC(=O)C1CCNCC1. The van der Waals surface area contributed by atoms with E-state index in [9.17, 15) is 4.79 Å². The van der Waals surface area contributed by atoms with Gasteiger partial charge in [0, 0.05) is 5.92 Å². The third kappa shape index (κ3) is 3.27. The highest BCUT2D eigenvalue weighted by Crippen LogP contribution is 2.11. The quantitative estimate of drug-likeness (QED) is 0.592. The molecule has 4 heteroatoms. The first-order valence-electron chi connectivity index (χ1n) is 5.39. The number of hydrogen-bond donors (Lipinski definition) is 3. The number of hydrogen-bond acceptors (Lipinski definition) is 3. The first kappa shape index (κ1) is 11.5. The summed E-state index contributed by atoms with van der Waals surface area (Å²) in [6, 6.07) is -0.0719. The normalized spacial score (nSPS) is 20.4. The number of aliphatic hydroxyl groups excluding tert-OH is 1. The van der Waals surface area contributed by atoms with Crippen molar-refractivity contribution in [2.24, 2.45) is 5.92 Å². The minimum atomic E-state index is -0.0719. The van der Waals surface area contributed by atoms with Gasteiger partial charge in [0.25, 0.3) is 0 Å². The monoisotopic (exact) mass is 200 g/mol. The summed E-state index contributed by atoms with van der Waals surface area (Å²) in [5.74, 6) is 0.240. The Labute approximate surface area is 85.1 Å². The van der Waals surface area contributed by atoms with Crippen LogP contribution in [0.15, 0.2) is 0 Å². The fourth-order valence-corrected chi connectivity index (χ4v) is 1.68. The number of amides is 1. The molecule has 0 bridgehead atoms. The van der Waals surface area contributed by atoms with E-state index in [0.29, 0.717) is 0 Å². The Bertz CT molecular complexity index is 175. The number of rotatable bonds is 4. The molecule has 0 aliphatic carbocycles. The molecule has 4 nitrogen and oxygen atoms in total. The van der Waals surface area contributed by atoms with E-state index in [0.717, 1.165) is 32.4 Å². The molecular weight excluding hydrogens is 180 g/mol. The zero-order valence-electron chi connectivity index (χ0n) is 8.75. The number of aliphatic hydroxyl groups is 1. The summed E-state index contributed by atoms with van der Waals surface area (Å²) in [5.41, 5.74) is 0. The zero-order valence-corrected chi connectivity index (χ0v) is 8.75. The van der Waals surface area contributed by atoms with Crippen LogP contribution in [0.4, 0.5) is 0 Å². The summed E-state index contributed by atoms with van der Waals surface area (Å²) in [7, 11) is 0. The van der Waals surface area contributed by atoms with E-state index in [-0.39, 0.29) is 24.5 Å². The molecule has 1 aliphatic heterocycles. The van der Waals surface area contributed by atoms with Crippen molar-refractivity contribution in [3.05, 3.63) is 0 Å². The number of piperidine rings is 1. The zero-order chi connectivity index (χ0) is 10.4. The summed E-state index contributed by atoms with van der Waals surface area (Å²) < 4.78 is 0. The molecular formula is C10H20N2O2. The van der Waals surface area contributed by atoms with Gasteiger partial charge in [0.2, 0.25) is 5.91 Å².